The molecule has 4 nitrogen and oxygen atoms in total. The SMILES string of the molecule is O=C(N1C=CC=NC1NC1(c2ccc(C(F)(F)F)cc2)CCC1)C(F)(F)F. The quantitative estimate of drug-likeness (QED) is 0.794. The molecule has 1 aliphatic carbocycles. The maximum atomic E-state index is 12.8. The van der Waals surface area contributed by atoms with Crippen LogP contribution in [0.2, 0.25) is 0 Å². The van der Waals surface area contributed by atoms with E-state index in [1.54, 1.807) is 0 Å². The molecule has 146 valence electrons. The van der Waals surface area contributed by atoms with E-state index in [4.69, 9.17) is 0 Å². The number of allylic oxidation sites excluding steroid dienone is 1. The molecule has 1 aromatic carbocycles. The third-order valence-electron chi connectivity index (χ3n) is 4.68. The van der Waals surface area contributed by atoms with Crippen molar-refractivity contribution in [2.75, 3.05) is 0 Å². The molecule has 10 heteroatoms. The Balaban J connectivity index is 1.84. The minimum atomic E-state index is -5.07. The highest BCUT2D eigenvalue weighted by atomic mass is 19.4. The first-order chi connectivity index (χ1) is 12.5. The molecule has 1 saturated carbocycles. The summed E-state index contributed by atoms with van der Waals surface area (Å²) in [7, 11) is 0. The van der Waals surface area contributed by atoms with Gasteiger partial charge in [-0.1, -0.05) is 12.1 Å². The maximum absolute atomic E-state index is 12.8. The minimum absolute atomic E-state index is 0.435. The number of carbonyl (C=O) groups excluding carboxylic acids is 1. The van der Waals surface area contributed by atoms with Crippen molar-refractivity contribution >= 4 is 12.1 Å². The van der Waals surface area contributed by atoms with Gasteiger partial charge in [0.05, 0.1) is 5.56 Å². The Morgan fingerprint density at radius 1 is 1.11 bits per heavy atom. The lowest BCUT2D eigenvalue weighted by atomic mass is 9.71. The van der Waals surface area contributed by atoms with E-state index >= 15 is 0 Å². The number of aliphatic imine (C=N–C) groups is 1. The Morgan fingerprint density at radius 3 is 2.22 bits per heavy atom. The van der Waals surface area contributed by atoms with Crippen LogP contribution in [0, 0.1) is 0 Å². The smallest absolute Gasteiger partial charge is 0.275 e. The molecule has 1 heterocycles. The monoisotopic (exact) mass is 391 g/mol. The zero-order valence-electron chi connectivity index (χ0n) is 13.8. The summed E-state index contributed by atoms with van der Waals surface area (Å²) < 4.78 is 76.6. The molecular formula is C17H15F6N3O. The molecule has 0 radical (unpaired) electrons. The number of carbonyl (C=O) groups is 1. The van der Waals surface area contributed by atoms with Crippen LogP contribution in [0.15, 0.2) is 41.5 Å². The van der Waals surface area contributed by atoms with Crippen LogP contribution in [0.4, 0.5) is 26.3 Å². The fraction of sp³-hybridized carbons (Fsp3) is 0.412. The number of hydrogen-bond donors (Lipinski definition) is 1. The molecule has 1 aliphatic heterocycles. The third kappa shape index (κ3) is 3.85. The van der Waals surface area contributed by atoms with Gasteiger partial charge in [0, 0.05) is 18.0 Å². The van der Waals surface area contributed by atoms with Gasteiger partial charge in [0.1, 0.15) is 0 Å². The molecule has 1 aromatic rings. The zero-order valence-corrected chi connectivity index (χ0v) is 13.8. The Hall–Kier alpha value is -2.36. The van der Waals surface area contributed by atoms with Crippen molar-refractivity contribution in [3.8, 4) is 0 Å². The number of benzene rings is 1. The maximum Gasteiger partial charge on any atom is 0.471 e. The van der Waals surface area contributed by atoms with Gasteiger partial charge in [0.15, 0.2) is 6.29 Å². The standard InChI is InChI=1S/C17H15F6N3O/c18-16(19,20)12-5-3-11(4-6-12)15(7-1-8-15)25-14-24-9-2-10-26(14)13(27)17(21,22)23/h2-6,9-10,14,25H,1,7-8H2. The van der Waals surface area contributed by atoms with Gasteiger partial charge in [-0.05, 0) is 43.0 Å². The molecule has 1 atom stereocenters. The number of alkyl halides is 6. The van der Waals surface area contributed by atoms with E-state index in [0.717, 1.165) is 24.8 Å². The van der Waals surface area contributed by atoms with E-state index in [1.165, 1.54) is 24.4 Å². The summed E-state index contributed by atoms with van der Waals surface area (Å²) in [5.74, 6) is -2.07. The van der Waals surface area contributed by atoms with Crippen molar-refractivity contribution in [1.82, 2.24) is 10.2 Å². The lowest BCUT2D eigenvalue weighted by Crippen LogP contribution is -2.59. The first-order valence-electron chi connectivity index (χ1n) is 8.08. The van der Waals surface area contributed by atoms with E-state index in [1.807, 2.05) is 0 Å². The number of halogens is 6. The van der Waals surface area contributed by atoms with Crippen LogP contribution in [0.25, 0.3) is 0 Å². The van der Waals surface area contributed by atoms with E-state index in [0.29, 0.717) is 23.3 Å². The first kappa shape index (κ1) is 19.4. The first-order valence-corrected chi connectivity index (χ1v) is 8.08. The van der Waals surface area contributed by atoms with Crippen LogP contribution in [-0.4, -0.2) is 29.5 Å². The van der Waals surface area contributed by atoms with Gasteiger partial charge in [-0.2, -0.15) is 26.3 Å². The molecule has 0 spiro atoms. The van der Waals surface area contributed by atoms with Crippen molar-refractivity contribution in [2.45, 2.75) is 43.4 Å². The molecular weight excluding hydrogens is 376 g/mol. The van der Waals surface area contributed by atoms with Crippen LogP contribution in [-0.2, 0) is 16.5 Å². The minimum Gasteiger partial charge on any atom is -0.275 e. The highest BCUT2D eigenvalue weighted by Gasteiger charge is 2.47. The number of nitrogens with one attached hydrogen (secondary N) is 1. The predicted octanol–water partition coefficient (Wildman–Crippen LogP) is 3.95. The van der Waals surface area contributed by atoms with Gasteiger partial charge < -0.3 is 0 Å². The van der Waals surface area contributed by atoms with Crippen LogP contribution in [0.5, 0.6) is 0 Å². The van der Waals surface area contributed by atoms with Crippen molar-refractivity contribution in [3.05, 3.63) is 47.7 Å². The fourth-order valence-corrected chi connectivity index (χ4v) is 3.12. The van der Waals surface area contributed by atoms with Crippen LogP contribution < -0.4 is 5.32 Å². The summed E-state index contributed by atoms with van der Waals surface area (Å²) >= 11 is 0. The summed E-state index contributed by atoms with van der Waals surface area (Å²) in [4.78, 5) is 16.0. The van der Waals surface area contributed by atoms with Crippen molar-refractivity contribution in [3.63, 3.8) is 0 Å². The average Bonchev–Trinajstić information content (AvgIpc) is 2.56. The number of amides is 1. The van der Waals surface area contributed by atoms with Gasteiger partial charge in [0.2, 0.25) is 0 Å². The molecule has 0 bridgehead atoms. The van der Waals surface area contributed by atoms with E-state index < -0.39 is 35.7 Å². The zero-order chi connectivity index (χ0) is 19.9. The molecule has 1 amide bonds. The topological polar surface area (TPSA) is 44.7 Å². The lowest BCUT2D eigenvalue weighted by Gasteiger charge is -2.46. The second kappa shape index (κ2) is 6.66. The second-order valence-electron chi connectivity index (χ2n) is 6.38. The third-order valence-corrected chi connectivity index (χ3v) is 4.68. The number of hydrogen-bond acceptors (Lipinski definition) is 3. The van der Waals surface area contributed by atoms with Gasteiger partial charge >= 0.3 is 18.3 Å². The number of nitrogens with zero attached hydrogens (tertiary/aromatic N) is 2. The normalized spacial score (nSPS) is 21.9. The largest absolute Gasteiger partial charge is 0.471 e. The summed E-state index contributed by atoms with van der Waals surface area (Å²) in [6, 6.07) is 4.46. The molecule has 0 saturated heterocycles. The predicted molar refractivity (Wildman–Crippen MR) is 84.4 cm³/mol. The van der Waals surface area contributed by atoms with Crippen LogP contribution in [0.3, 0.4) is 0 Å². The van der Waals surface area contributed by atoms with Crippen molar-refractivity contribution in [1.29, 1.82) is 0 Å². The summed E-state index contributed by atoms with van der Waals surface area (Å²) in [5.41, 5.74) is -1.15. The molecule has 1 fully saturated rings. The van der Waals surface area contributed by atoms with E-state index in [9.17, 15) is 31.1 Å². The summed E-state index contributed by atoms with van der Waals surface area (Å²) in [6.07, 6.45) is -5.67. The average molecular weight is 391 g/mol. The van der Waals surface area contributed by atoms with Gasteiger partial charge in [0.25, 0.3) is 0 Å². The van der Waals surface area contributed by atoms with Gasteiger partial charge in [-0.25, -0.2) is 0 Å². The van der Waals surface area contributed by atoms with E-state index in [-0.39, 0.29) is 0 Å². The van der Waals surface area contributed by atoms with Gasteiger partial charge in [-0.15, -0.1) is 0 Å². The fourth-order valence-electron chi connectivity index (χ4n) is 3.12. The molecule has 0 aromatic heterocycles. The molecule has 3 rings (SSSR count). The Labute approximate surface area is 150 Å². The van der Waals surface area contributed by atoms with Crippen LogP contribution >= 0.6 is 0 Å². The van der Waals surface area contributed by atoms with Gasteiger partial charge in [-0.3, -0.25) is 20.0 Å². The van der Waals surface area contributed by atoms with E-state index in [2.05, 4.69) is 10.3 Å². The molecule has 2 aliphatic rings. The number of rotatable bonds is 3. The highest BCUT2D eigenvalue weighted by molar-refractivity contribution is 5.85. The molecule has 1 N–H and O–H groups in total. The summed E-state index contributed by atoms with van der Waals surface area (Å²) in [5, 5.41) is 2.92. The summed E-state index contributed by atoms with van der Waals surface area (Å²) in [6.45, 7) is 0. The lowest BCUT2D eigenvalue weighted by molar-refractivity contribution is -0.185. The molecule has 27 heavy (non-hydrogen) atoms. The Bertz CT molecular complexity index is 762. The van der Waals surface area contributed by atoms with Crippen molar-refractivity contribution in [2.24, 2.45) is 4.99 Å². The second-order valence-corrected chi connectivity index (χ2v) is 6.38. The molecule has 1 unspecified atom stereocenters. The van der Waals surface area contributed by atoms with Crippen LogP contribution in [0.1, 0.15) is 30.4 Å². The highest BCUT2D eigenvalue weighted by Crippen LogP contribution is 2.43. The Kier molecular flexibility index (Phi) is 4.79. The Morgan fingerprint density at radius 2 is 1.74 bits per heavy atom. The van der Waals surface area contributed by atoms with Crippen molar-refractivity contribution < 1.29 is 31.1 Å².